The predicted molar refractivity (Wildman–Crippen MR) is 117 cm³/mol. The number of nitrogens with two attached hydrogens (primary N) is 1. The van der Waals surface area contributed by atoms with Crippen LogP contribution in [0, 0.1) is 0 Å². The number of carbonyl (C=O) groups excluding carboxylic acids is 1. The Kier molecular flexibility index (Phi) is 5.95. The second-order valence-electron chi connectivity index (χ2n) is 7.54. The van der Waals surface area contributed by atoms with E-state index in [2.05, 4.69) is 10.3 Å². The lowest BCUT2D eigenvalue weighted by molar-refractivity contribution is 0.100. The summed E-state index contributed by atoms with van der Waals surface area (Å²) in [4.78, 5) is 16.2. The van der Waals surface area contributed by atoms with Gasteiger partial charge in [-0.15, -0.1) is 0 Å². The molecule has 154 valence electrons. The van der Waals surface area contributed by atoms with E-state index in [1.54, 1.807) is 18.3 Å². The standard InChI is InChI=1S/C24H25N3O3/c25-24(29)20-13-8-16(15-21(20)27-17-9-11-18(28)12-10-17)19-5-1-2-6-22(19)30-23-7-3-4-14-26-23/h1-8,13-15,17-18,27-28H,9-12H2,(H2,25,29). The van der Waals surface area contributed by atoms with Crippen molar-refractivity contribution in [3.8, 4) is 22.8 Å². The van der Waals surface area contributed by atoms with E-state index in [9.17, 15) is 9.90 Å². The third-order valence-electron chi connectivity index (χ3n) is 5.39. The number of aliphatic hydroxyl groups is 1. The highest BCUT2D eigenvalue weighted by molar-refractivity contribution is 5.99. The van der Waals surface area contributed by atoms with Crippen molar-refractivity contribution in [2.45, 2.75) is 37.8 Å². The highest BCUT2D eigenvalue weighted by Gasteiger charge is 2.21. The maximum absolute atomic E-state index is 12.0. The highest BCUT2D eigenvalue weighted by Crippen LogP contribution is 2.35. The molecule has 0 spiro atoms. The van der Waals surface area contributed by atoms with Gasteiger partial charge in [-0.2, -0.15) is 0 Å². The minimum atomic E-state index is -0.474. The van der Waals surface area contributed by atoms with Gasteiger partial charge in [0.05, 0.1) is 11.7 Å². The lowest BCUT2D eigenvalue weighted by Crippen LogP contribution is -2.29. The number of amides is 1. The van der Waals surface area contributed by atoms with Gasteiger partial charge in [0, 0.05) is 29.6 Å². The lowest BCUT2D eigenvalue weighted by atomic mass is 9.92. The van der Waals surface area contributed by atoms with Gasteiger partial charge in [-0.25, -0.2) is 4.98 Å². The molecule has 1 aromatic heterocycles. The first-order chi connectivity index (χ1) is 14.6. The summed E-state index contributed by atoms with van der Waals surface area (Å²) in [6.07, 6.45) is 4.66. The molecule has 4 rings (SSSR count). The van der Waals surface area contributed by atoms with E-state index >= 15 is 0 Å². The summed E-state index contributed by atoms with van der Waals surface area (Å²) in [5.41, 5.74) is 8.56. The second kappa shape index (κ2) is 8.97. The first-order valence-corrected chi connectivity index (χ1v) is 10.2. The fraction of sp³-hybridized carbons (Fsp3) is 0.250. The number of nitrogens with one attached hydrogen (secondary N) is 1. The van der Waals surface area contributed by atoms with E-state index in [0.717, 1.165) is 36.8 Å². The van der Waals surface area contributed by atoms with Crippen molar-refractivity contribution in [1.82, 2.24) is 4.98 Å². The smallest absolute Gasteiger partial charge is 0.250 e. The number of pyridine rings is 1. The van der Waals surface area contributed by atoms with Crippen LogP contribution in [-0.4, -0.2) is 28.1 Å². The van der Waals surface area contributed by atoms with Gasteiger partial charge in [0.1, 0.15) is 5.75 Å². The van der Waals surface area contributed by atoms with Crippen LogP contribution in [-0.2, 0) is 0 Å². The summed E-state index contributed by atoms with van der Waals surface area (Å²) in [7, 11) is 0. The molecule has 1 fully saturated rings. The predicted octanol–water partition coefficient (Wildman–Crippen LogP) is 4.36. The van der Waals surface area contributed by atoms with Gasteiger partial charge in [-0.05, 0) is 55.5 Å². The van der Waals surface area contributed by atoms with Crippen molar-refractivity contribution in [3.63, 3.8) is 0 Å². The zero-order chi connectivity index (χ0) is 20.9. The molecule has 2 aromatic carbocycles. The van der Waals surface area contributed by atoms with Crippen LogP contribution < -0.4 is 15.8 Å². The first-order valence-electron chi connectivity index (χ1n) is 10.2. The van der Waals surface area contributed by atoms with Gasteiger partial charge < -0.3 is 20.9 Å². The number of carbonyl (C=O) groups is 1. The molecule has 1 saturated carbocycles. The van der Waals surface area contributed by atoms with E-state index < -0.39 is 5.91 Å². The number of aliphatic hydroxyl groups excluding tert-OH is 1. The Morgan fingerprint density at radius 1 is 1.03 bits per heavy atom. The minimum absolute atomic E-state index is 0.196. The number of aromatic nitrogens is 1. The zero-order valence-electron chi connectivity index (χ0n) is 16.6. The lowest BCUT2D eigenvalue weighted by Gasteiger charge is -2.28. The summed E-state index contributed by atoms with van der Waals surface area (Å²) >= 11 is 0. The number of ether oxygens (including phenoxy) is 1. The van der Waals surface area contributed by atoms with E-state index in [0.29, 0.717) is 22.9 Å². The molecule has 1 aliphatic rings. The van der Waals surface area contributed by atoms with E-state index in [1.165, 1.54) is 0 Å². The fourth-order valence-corrected chi connectivity index (χ4v) is 3.80. The van der Waals surface area contributed by atoms with Crippen molar-refractivity contribution >= 4 is 11.6 Å². The number of para-hydroxylation sites is 1. The molecule has 6 heteroatoms. The number of hydrogen-bond acceptors (Lipinski definition) is 5. The molecule has 4 N–H and O–H groups in total. The molecule has 0 bridgehead atoms. The molecule has 0 unspecified atom stereocenters. The summed E-state index contributed by atoms with van der Waals surface area (Å²) in [5, 5.41) is 13.2. The van der Waals surface area contributed by atoms with Crippen LogP contribution in [0.5, 0.6) is 11.6 Å². The largest absolute Gasteiger partial charge is 0.438 e. The Hall–Kier alpha value is -3.38. The SMILES string of the molecule is NC(=O)c1ccc(-c2ccccc2Oc2ccccn2)cc1NC1CCC(O)CC1. The molecule has 1 aliphatic carbocycles. The molecule has 30 heavy (non-hydrogen) atoms. The second-order valence-corrected chi connectivity index (χ2v) is 7.54. The Balaban J connectivity index is 1.66. The van der Waals surface area contributed by atoms with Crippen molar-refractivity contribution in [1.29, 1.82) is 0 Å². The highest BCUT2D eigenvalue weighted by atomic mass is 16.5. The van der Waals surface area contributed by atoms with Gasteiger partial charge in [-0.1, -0.05) is 30.3 Å². The number of nitrogens with zero attached hydrogens (tertiary/aromatic N) is 1. The summed E-state index contributed by atoms with van der Waals surface area (Å²) < 4.78 is 5.99. The first kappa shape index (κ1) is 19.9. The zero-order valence-corrected chi connectivity index (χ0v) is 16.6. The third-order valence-corrected chi connectivity index (χ3v) is 5.39. The van der Waals surface area contributed by atoms with Crippen LogP contribution >= 0.6 is 0 Å². The van der Waals surface area contributed by atoms with Crippen LogP contribution in [0.4, 0.5) is 5.69 Å². The van der Waals surface area contributed by atoms with Gasteiger partial charge in [0.15, 0.2) is 0 Å². The molecule has 0 atom stereocenters. The Labute approximate surface area is 175 Å². The number of primary amides is 1. The van der Waals surface area contributed by atoms with Gasteiger partial charge in [-0.3, -0.25) is 4.79 Å². The molecule has 1 heterocycles. The Morgan fingerprint density at radius 3 is 2.53 bits per heavy atom. The topological polar surface area (TPSA) is 97.5 Å². The molecule has 1 amide bonds. The molecular weight excluding hydrogens is 378 g/mol. The van der Waals surface area contributed by atoms with Crippen LogP contribution in [0.1, 0.15) is 36.0 Å². The molecule has 0 aliphatic heterocycles. The maximum atomic E-state index is 12.0. The summed E-state index contributed by atoms with van der Waals surface area (Å²) in [6.45, 7) is 0. The van der Waals surface area contributed by atoms with Crippen molar-refractivity contribution in [2.75, 3.05) is 5.32 Å². The third kappa shape index (κ3) is 4.60. The van der Waals surface area contributed by atoms with E-state index in [4.69, 9.17) is 10.5 Å². The molecular formula is C24H25N3O3. The average molecular weight is 403 g/mol. The Morgan fingerprint density at radius 2 is 1.80 bits per heavy atom. The molecule has 3 aromatic rings. The normalized spacial score (nSPS) is 18.6. The van der Waals surface area contributed by atoms with E-state index in [-0.39, 0.29) is 12.1 Å². The van der Waals surface area contributed by atoms with Crippen LogP contribution in [0.3, 0.4) is 0 Å². The van der Waals surface area contributed by atoms with Gasteiger partial charge in [0.25, 0.3) is 5.91 Å². The minimum Gasteiger partial charge on any atom is -0.438 e. The molecule has 6 nitrogen and oxygen atoms in total. The van der Waals surface area contributed by atoms with Gasteiger partial charge in [0.2, 0.25) is 5.88 Å². The van der Waals surface area contributed by atoms with Crippen molar-refractivity contribution in [2.24, 2.45) is 5.73 Å². The number of rotatable bonds is 6. The maximum Gasteiger partial charge on any atom is 0.250 e. The quantitative estimate of drug-likeness (QED) is 0.568. The van der Waals surface area contributed by atoms with Crippen molar-refractivity contribution < 1.29 is 14.6 Å². The molecule has 0 radical (unpaired) electrons. The average Bonchev–Trinajstić information content (AvgIpc) is 2.76. The summed E-state index contributed by atoms with van der Waals surface area (Å²) in [6, 6.07) is 19.0. The summed E-state index contributed by atoms with van der Waals surface area (Å²) in [5.74, 6) is 0.713. The number of hydrogen-bond donors (Lipinski definition) is 3. The number of benzene rings is 2. The fourth-order valence-electron chi connectivity index (χ4n) is 3.80. The number of anilines is 1. The van der Waals surface area contributed by atoms with Crippen LogP contribution in [0.2, 0.25) is 0 Å². The van der Waals surface area contributed by atoms with Crippen molar-refractivity contribution in [3.05, 3.63) is 72.4 Å². The van der Waals surface area contributed by atoms with Gasteiger partial charge >= 0.3 is 0 Å². The molecule has 0 saturated heterocycles. The van der Waals surface area contributed by atoms with Crippen LogP contribution in [0.25, 0.3) is 11.1 Å². The Bertz CT molecular complexity index is 1020. The monoisotopic (exact) mass is 403 g/mol. The van der Waals surface area contributed by atoms with E-state index in [1.807, 2.05) is 48.5 Å². The van der Waals surface area contributed by atoms with Crippen LogP contribution in [0.15, 0.2) is 66.9 Å².